The average molecular weight is 288 g/mol. The number of ether oxygens (including phenoxy) is 1. The predicted octanol–water partition coefficient (Wildman–Crippen LogP) is 1.11. The topological polar surface area (TPSA) is 78.9 Å². The van der Waals surface area contributed by atoms with Crippen LogP contribution in [-0.2, 0) is 14.3 Å². The van der Waals surface area contributed by atoms with E-state index in [9.17, 15) is 9.59 Å². The van der Waals surface area contributed by atoms with Gasteiger partial charge in [0.15, 0.2) is 0 Å². The Hall–Kier alpha value is -1.14. The summed E-state index contributed by atoms with van der Waals surface area (Å²) in [6.07, 6.45) is 2.86. The van der Waals surface area contributed by atoms with Crippen molar-refractivity contribution < 1.29 is 19.4 Å². The maximum atomic E-state index is 11.7. The van der Waals surface area contributed by atoms with Crippen LogP contribution in [0, 0.1) is 0 Å². The van der Waals surface area contributed by atoms with Gasteiger partial charge in [0.1, 0.15) is 0 Å². The highest BCUT2D eigenvalue weighted by Crippen LogP contribution is 1.96. The summed E-state index contributed by atoms with van der Waals surface area (Å²) < 4.78 is 5.25. The Morgan fingerprint density at radius 3 is 2.55 bits per heavy atom. The van der Waals surface area contributed by atoms with Crippen LogP contribution in [-0.4, -0.2) is 61.3 Å². The van der Waals surface area contributed by atoms with E-state index in [1.165, 1.54) is 0 Å². The molecule has 6 heteroatoms. The van der Waals surface area contributed by atoms with Crippen molar-refractivity contribution in [1.29, 1.82) is 0 Å². The van der Waals surface area contributed by atoms with Gasteiger partial charge in [-0.3, -0.25) is 14.5 Å². The number of hydrogen-bond acceptors (Lipinski definition) is 4. The lowest BCUT2D eigenvalue weighted by Crippen LogP contribution is -2.39. The second kappa shape index (κ2) is 12.9. The molecule has 0 aromatic rings. The Bertz CT molecular complexity index is 272. The Balaban J connectivity index is 4.01. The molecule has 0 saturated heterocycles. The van der Waals surface area contributed by atoms with E-state index in [4.69, 9.17) is 9.84 Å². The van der Waals surface area contributed by atoms with Crippen molar-refractivity contribution in [3.8, 4) is 0 Å². The van der Waals surface area contributed by atoms with E-state index >= 15 is 0 Å². The van der Waals surface area contributed by atoms with E-state index < -0.39 is 5.97 Å². The third kappa shape index (κ3) is 11.9. The monoisotopic (exact) mass is 288 g/mol. The molecule has 0 aromatic carbocycles. The quantitative estimate of drug-likeness (QED) is 0.496. The Morgan fingerprint density at radius 1 is 1.20 bits per heavy atom. The number of carboxylic acid groups (broad SMARTS) is 1. The van der Waals surface area contributed by atoms with Gasteiger partial charge in [-0.15, -0.1) is 0 Å². The molecule has 0 radical (unpaired) electrons. The number of rotatable bonds is 13. The first-order valence-electron chi connectivity index (χ1n) is 7.38. The van der Waals surface area contributed by atoms with Gasteiger partial charge in [-0.1, -0.05) is 13.3 Å². The van der Waals surface area contributed by atoms with Crippen LogP contribution in [0.15, 0.2) is 0 Å². The zero-order valence-electron chi connectivity index (χ0n) is 12.7. The number of nitrogens with zero attached hydrogens (tertiary/aromatic N) is 1. The molecule has 1 amide bonds. The first kappa shape index (κ1) is 18.9. The summed E-state index contributed by atoms with van der Waals surface area (Å²) in [7, 11) is 0. The van der Waals surface area contributed by atoms with Crippen LogP contribution in [0.1, 0.15) is 39.5 Å². The lowest BCUT2D eigenvalue weighted by Gasteiger charge is -2.20. The molecule has 0 atom stereocenters. The van der Waals surface area contributed by atoms with Crippen molar-refractivity contribution in [3.05, 3.63) is 0 Å². The minimum absolute atomic E-state index is 0.0414. The van der Waals surface area contributed by atoms with Gasteiger partial charge in [0, 0.05) is 32.8 Å². The third-order valence-corrected chi connectivity index (χ3v) is 2.83. The van der Waals surface area contributed by atoms with E-state index in [1.54, 1.807) is 0 Å². The highest BCUT2D eigenvalue weighted by Gasteiger charge is 2.11. The summed E-state index contributed by atoms with van der Waals surface area (Å²) in [5.41, 5.74) is 0. The lowest BCUT2D eigenvalue weighted by atomic mass is 10.3. The molecular formula is C14H28N2O4. The Kier molecular flexibility index (Phi) is 12.1. The lowest BCUT2D eigenvalue weighted by molar-refractivity contribution is -0.137. The van der Waals surface area contributed by atoms with Crippen molar-refractivity contribution in [2.45, 2.75) is 39.5 Å². The maximum absolute atomic E-state index is 11.7. The molecule has 20 heavy (non-hydrogen) atoms. The molecule has 0 aliphatic rings. The summed E-state index contributed by atoms with van der Waals surface area (Å²) in [4.78, 5) is 24.2. The summed E-state index contributed by atoms with van der Waals surface area (Å²) in [6, 6.07) is 0. The van der Waals surface area contributed by atoms with Gasteiger partial charge in [-0.25, -0.2) is 0 Å². The molecular weight excluding hydrogens is 260 g/mol. The molecule has 0 unspecified atom stereocenters. The number of unbranched alkanes of at least 4 members (excludes halogenated alkanes) is 1. The van der Waals surface area contributed by atoms with Crippen molar-refractivity contribution in [3.63, 3.8) is 0 Å². The minimum atomic E-state index is -0.841. The Labute approximate surface area is 121 Å². The van der Waals surface area contributed by atoms with Gasteiger partial charge < -0.3 is 15.2 Å². The van der Waals surface area contributed by atoms with Gasteiger partial charge in [-0.05, 0) is 19.8 Å². The zero-order chi connectivity index (χ0) is 15.2. The molecule has 6 nitrogen and oxygen atoms in total. The molecule has 0 rings (SSSR count). The van der Waals surface area contributed by atoms with Crippen LogP contribution in [0.25, 0.3) is 0 Å². The molecule has 0 aliphatic carbocycles. The molecule has 0 aromatic heterocycles. The van der Waals surface area contributed by atoms with Crippen LogP contribution < -0.4 is 5.32 Å². The fourth-order valence-electron chi connectivity index (χ4n) is 1.72. The fourth-order valence-corrected chi connectivity index (χ4v) is 1.72. The van der Waals surface area contributed by atoms with Crippen LogP contribution in [0.5, 0.6) is 0 Å². The summed E-state index contributed by atoms with van der Waals surface area (Å²) in [5.74, 6) is -0.883. The molecule has 118 valence electrons. The van der Waals surface area contributed by atoms with E-state index in [0.29, 0.717) is 32.8 Å². The van der Waals surface area contributed by atoms with Gasteiger partial charge in [-0.2, -0.15) is 0 Å². The van der Waals surface area contributed by atoms with Gasteiger partial charge in [0.05, 0.1) is 13.0 Å². The second-order valence-corrected chi connectivity index (χ2v) is 4.67. The molecule has 0 saturated carbocycles. The minimum Gasteiger partial charge on any atom is -0.481 e. The molecule has 0 aliphatic heterocycles. The number of aliphatic carboxylic acids is 1. The molecule has 0 fully saturated rings. The number of amides is 1. The summed E-state index contributed by atoms with van der Waals surface area (Å²) in [5, 5.41) is 11.6. The fraction of sp³-hybridized carbons (Fsp3) is 0.857. The summed E-state index contributed by atoms with van der Waals surface area (Å²) >= 11 is 0. The summed E-state index contributed by atoms with van der Waals surface area (Å²) in [6.45, 7) is 7.31. The molecule has 2 N–H and O–H groups in total. The average Bonchev–Trinajstić information content (AvgIpc) is 2.40. The number of carbonyl (C=O) groups is 2. The second-order valence-electron chi connectivity index (χ2n) is 4.67. The van der Waals surface area contributed by atoms with Crippen LogP contribution >= 0.6 is 0 Å². The predicted molar refractivity (Wildman–Crippen MR) is 77.7 cm³/mol. The highest BCUT2D eigenvalue weighted by molar-refractivity contribution is 5.78. The first-order valence-corrected chi connectivity index (χ1v) is 7.38. The van der Waals surface area contributed by atoms with Crippen molar-refractivity contribution in [1.82, 2.24) is 10.2 Å². The van der Waals surface area contributed by atoms with Gasteiger partial charge in [0.2, 0.25) is 5.91 Å². The first-order chi connectivity index (χ1) is 9.60. The van der Waals surface area contributed by atoms with Gasteiger partial charge >= 0.3 is 5.97 Å². The number of carboxylic acids is 1. The van der Waals surface area contributed by atoms with Crippen LogP contribution in [0.3, 0.4) is 0 Å². The molecule has 0 bridgehead atoms. The van der Waals surface area contributed by atoms with E-state index in [2.05, 4.69) is 12.2 Å². The largest absolute Gasteiger partial charge is 0.481 e. The van der Waals surface area contributed by atoms with E-state index in [-0.39, 0.29) is 18.9 Å². The third-order valence-electron chi connectivity index (χ3n) is 2.83. The SMILES string of the molecule is CCCCNC(=O)CN(CCCOCC)CCC(=O)O. The van der Waals surface area contributed by atoms with Crippen molar-refractivity contribution >= 4 is 11.9 Å². The van der Waals surface area contributed by atoms with E-state index in [1.807, 2.05) is 11.8 Å². The zero-order valence-corrected chi connectivity index (χ0v) is 12.7. The maximum Gasteiger partial charge on any atom is 0.304 e. The van der Waals surface area contributed by atoms with Crippen molar-refractivity contribution in [2.24, 2.45) is 0 Å². The molecule has 0 spiro atoms. The van der Waals surface area contributed by atoms with Crippen molar-refractivity contribution in [2.75, 3.05) is 39.4 Å². The van der Waals surface area contributed by atoms with Crippen LogP contribution in [0.2, 0.25) is 0 Å². The Morgan fingerprint density at radius 2 is 1.95 bits per heavy atom. The van der Waals surface area contributed by atoms with Gasteiger partial charge in [0.25, 0.3) is 0 Å². The highest BCUT2D eigenvalue weighted by atomic mass is 16.5. The standard InChI is InChI=1S/C14H28N2O4/c1-3-5-8-15-13(17)12-16(10-7-14(18)19)9-6-11-20-4-2/h3-12H2,1-2H3,(H,15,17)(H,18,19). The number of nitrogens with one attached hydrogen (secondary N) is 1. The number of carbonyl (C=O) groups excluding carboxylic acids is 1. The number of hydrogen-bond donors (Lipinski definition) is 2. The normalized spacial score (nSPS) is 10.8. The molecule has 0 heterocycles. The smallest absolute Gasteiger partial charge is 0.304 e. The van der Waals surface area contributed by atoms with E-state index in [0.717, 1.165) is 19.3 Å². The van der Waals surface area contributed by atoms with Crippen LogP contribution in [0.4, 0.5) is 0 Å².